The Hall–Kier alpha value is -1.94. The fourth-order valence-corrected chi connectivity index (χ4v) is 2.77. The fraction of sp³-hybridized carbons (Fsp3) is 0.133. The van der Waals surface area contributed by atoms with E-state index in [4.69, 9.17) is 0 Å². The number of carbonyl (C=O) groups is 1. The van der Waals surface area contributed by atoms with Crippen LogP contribution in [0.5, 0.6) is 0 Å². The molecule has 0 amide bonds. The molecule has 1 unspecified atom stereocenters. The van der Waals surface area contributed by atoms with E-state index in [1.54, 1.807) is 35.6 Å². The predicted octanol–water partition coefficient (Wildman–Crippen LogP) is 3.05. The molecule has 0 bridgehead atoms. The molecule has 0 aromatic heterocycles. The van der Waals surface area contributed by atoms with Crippen molar-refractivity contribution in [3.8, 4) is 0 Å². The molecule has 2 aromatic rings. The maximum absolute atomic E-state index is 12.4. The van der Waals surface area contributed by atoms with Crippen molar-refractivity contribution in [2.24, 2.45) is 0 Å². The molecule has 0 aliphatic heterocycles. The van der Waals surface area contributed by atoms with Crippen LogP contribution in [-0.4, -0.2) is 17.0 Å². The van der Waals surface area contributed by atoms with Crippen LogP contribution in [0.3, 0.4) is 0 Å². The lowest BCUT2D eigenvalue weighted by molar-refractivity contribution is 0.101. The van der Waals surface area contributed by atoms with Crippen LogP contribution in [0.25, 0.3) is 0 Å². The molecule has 19 heavy (non-hydrogen) atoms. The fourth-order valence-electron chi connectivity index (χ4n) is 1.72. The number of ketones is 1. The normalized spacial score (nSPS) is 11.9. The number of hydrogen-bond acceptors (Lipinski definition) is 2. The van der Waals surface area contributed by atoms with E-state index in [-0.39, 0.29) is 5.78 Å². The number of benzene rings is 2. The summed E-state index contributed by atoms with van der Waals surface area (Å²) < 4.78 is 14.1. The Morgan fingerprint density at radius 3 is 2.37 bits per heavy atom. The van der Waals surface area contributed by atoms with Crippen LogP contribution in [0, 0.1) is 0 Å². The molecular weight excluding hydrogens is 258 g/mol. The maximum Gasteiger partial charge on any atom is 0.159 e. The highest BCUT2D eigenvalue weighted by atomic mass is 32.2. The van der Waals surface area contributed by atoms with Gasteiger partial charge in [-0.2, -0.15) is 0 Å². The summed E-state index contributed by atoms with van der Waals surface area (Å²) in [5.41, 5.74) is 1.45. The van der Waals surface area contributed by atoms with Crippen molar-refractivity contribution < 1.29 is 9.00 Å². The Morgan fingerprint density at radius 1 is 1.05 bits per heavy atom. The molecule has 0 fully saturated rings. The monoisotopic (exact) mass is 273 g/mol. The van der Waals surface area contributed by atoms with E-state index in [1.165, 1.54) is 6.92 Å². The summed E-state index contributed by atoms with van der Waals surface area (Å²) in [7, 11) is 0.445. The lowest BCUT2D eigenvalue weighted by Crippen LogP contribution is -2.20. The maximum atomic E-state index is 12.4. The van der Waals surface area contributed by atoms with Crippen LogP contribution >= 0.6 is 0 Å². The Labute approximate surface area is 115 Å². The van der Waals surface area contributed by atoms with Gasteiger partial charge in [0.15, 0.2) is 16.8 Å². The van der Waals surface area contributed by atoms with Crippen LogP contribution in [0.2, 0.25) is 0 Å². The van der Waals surface area contributed by atoms with E-state index < -0.39 is 11.0 Å². The zero-order valence-electron chi connectivity index (χ0n) is 10.9. The van der Waals surface area contributed by atoms with Gasteiger partial charge in [-0.05, 0) is 31.2 Å². The Morgan fingerprint density at radius 2 is 1.74 bits per heavy atom. The molecule has 0 aliphatic carbocycles. The lowest BCUT2D eigenvalue weighted by atomic mass is 10.2. The predicted molar refractivity (Wildman–Crippen MR) is 77.7 cm³/mol. The third-order valence-corrected chi connectivity index (χ3v) is 4.18. The van der Waals surface area contributed by atoms with E-state index in [0.29, 0.717) is 10.5 Å². The number of hydrogen-bond donors (Lipinski definition) is 0. The minimum Gasteiger partial charge on any atom is -0.295 e. The van der Waals surface area contributed by atoms with Gasteiger partial charge in [-0.15, -0.1) is 0 Å². The summed E-state index contributed by atoms with van der Waals surface area (Å²) in [6.45, 7) is 1.50. The van der Waals surface area contributed by atoms with Crippen LogP contribution in [-0.2, 0) is 11.0 Å². The summed E-state index contributed by atoms with van der Waals surface area (Å²) in [6.07, 6.45) is 0. The summed E-state index contributed by atoms with van der Waals surface area (Å²) in [5.74, 6) is -0.0267. The molecule has 0 aliphatic rings. The summed E-state index contributed by atoms with van der Waals surface area (Å²) in [5, 5.41) is 0. The van der Waals surface area contributed by atoms with Crippen molar-refractivity contribution >= 4 is 22.5 Å². The van der Waals surface area contributed by atoms with Crippen LogP contribution in [0.4, 0.5) is 5.69 Å². The molecule has 0 saturated carbocycles. The lowest BCUT2D eigenvalue weighted by Gasteiger charge is -2.18. The summed E-state index contributed by atoms with van der Waals surface area (Å²) >= 11 is 0. The number of anilines is 1. The number of carbonyl (C=O) groups excluding carboxylic acids is 1. The van der Waals surface area contributed by atoms with Gasteiger partial charge in [0.25, 0.3) is 0 Å². The second kappa shape index (κ2) is 5.80. The van der Waals surface area contributed by atoms with Crippen molar-refractivity contribution in [2.75, 3.05) is 11.4 Å². The quantitative estimate of drug-likeness (QED) is 0.803. The van der Waals surface area contributed by atoms with Gasteiger partial charge in [-0.25, -0.2) is 4.21 Å². The highest BCUT2D eigenvalue weighted by Gasteiger charge is 2.12. The topological polar surface area (TPSA) is 37.4 Å². The van der Waals surface area contributed by atoms with Gasteiger partial charge in [0.1, 0.15) is 0 Å². The SMILES string of the molecule is CC(=O)c1cccc(S(=O)N(C)c2ccccc2)c1. The summed E-state index contributed by atoms with van der Waals surface area (Å²) in [4.78, 5) is 12.0. The number of Topliss-reactive ketones (excluding diaryl/α,β-unsaturated/α-hetero) is 1. The van der Waals surface area contributed by atoms with Crippen molar-refractivity contribution in [2.45, 2.75) is 11.8 Å². The van der Waals surface area contributed by atoms with Gasteiger partial charge in [0.2, 0.25) is 0 Å². The van der Waals surface area contributed by atoms with Crippen LogP contribution in [0.15, 0.2) is 59.5 Å². The van der Waals surface area contributed by atoms with Gasteiger partial charge < -0.3 is 0 Å². The molecule has 4 heteroatoms. The average Bonchev–Trinajstić information content (AvgIpc) is 2.46. The Bertz CT molecular complexity index is 611. The molecule has 0 N–H and O–H groups in total. The average molecular weight is 273 g/mol. The van der Waals surface area contributed by atoms with E-state index in [0.717, 1.165) is 5.69 Å². The van der Waals surface area contributed by atoms with Crippen LogP contribution < -0.4 is 4.31 Å². The molecule has 3 nitrogen and oxygen atoms in total. The molecule has 0 radical (unpaired) electrons. The van der Waals surface area contributed by atoms with Crippen molar-refractivity contribution in [3.63, 3.8) is 0 Å². The Balaban J connectivity index is 2.29. The second-order valence-corrected chi connectivity index (χ2v) is 5.68. The van der Waals surface area contributed by atoms with Gasteiger partial charge >= 0.3 is 0 Å². The first kappa shape index (κ1) is 13.5. The smallest absolute Gasteiger partial charge is 0.159 e. The highest BCUT2D eigenvalue weighted by Crippen LogP contribution is 2.19. The third-order valence-electron chi connectivity index (χ3n) is 2.81. The van der Waals surface area contributed by atoms with Crippen LogP contribution in [0.1, 0.15) is 17.3 Å². The molecule has 0 spiro atoms. The van der Waals surface area contributed by atoms with Crippen molar-refractivity contribution in [3.05, 3.63) is 60.2 Å². The molecular formula is C15H15NO2S. The van der Waals surface area contributed by atoms with Crippen molar-refractivity contribution in [1.82, 2.24) is 0 Å². The largest absolute Gasteiger partial charge is 0.295 e. The van der Waals surface area contributed by atoms with Gasteiger partial charge in [-0.1, -0.05) is 30.3 Å². The van der Waals surface area contributed by atoms with E-state index in [2.05, 4.69) is 0 Å². The molecule has 0 heterocycles. The zero-order valence-corrected chi connectivity index (χ0v) is 11.7. The van der Waals surface area contributed by atoms with Gasteiger partial charge in [0.05, 0.1) is 4.90 Å². The van der Waals surface area contributed by atoms with Gasteiger partial charge in [0, 0.05) is 18.3 Å². The summed E-state index contributed by atoms with van der Waals surface area (Å²) in [6, 6.07) is 16.4. The van der Waals surface area contributed by atoms with Gasteiger partial charge in [-0.3, -0.25) is 9.10 Å². The second-order valence-electron chi connectivity index (χ2n) is 4.17. The molecule has 2 rings (SSSR count). The first-order chi connectivity index (χ1) is 9.09. The highest BCUT2D eigenvalue weighted by molar-refractivity contribution is 7.86. The molecule has 2 aromatic carbocycles. The third kappa shape index (κ3) is 3.09. The van der Waals surface area contributed by atoms with E-state index >= 15 is 0 Å². The first-order valence-corrected chi connectivity index (χ1v) is 7.02. The van der Waals surface area contributed by atoms with Crippen molar-refractivity contribution in [1.29, 1.82) is 0 Å². The molecule has 0 saturated heterocycles. The van der Waals surface area contributed by atoms with E-state index in [9.17, 15) is 9.00 Å². The minimum atomic E-state index is -1.32. The number of para-hydroxylation sites is 1. The Kier molecular flexibility index (Phi) is 4.12. The minimum absolute atomic E-state index is 0.0267. The zero-order chi connectivity index (χ0) is 13.8. The number of nitrogens with zero attached hydrogens (tertiary/aromatic N) is 1. The first-order valence-electron chi connectivity index (χ1n) is 5.91. The number of rotatable bonds is 4. The standard InChI is InChI=1S/C15H15NO2S/c1-12(17)13-7-6-10-15(11-13)19(18)16(2)14-8-4-3-5-9-14/h3-11H,1-2H3. The van der Waals surface area contributed by atoms with E-state index in [1.807, 2.05) is 30.3 Å². The molecule has 98 valence electrons. The molecule has 1 atom stereocenters.